The summed E-state index contributed by atoms with van der Waals surface area (Å²) in [6.45, 7) is 0. The van der Waals surface area contributed by atoms with Crippen LogP contribution in [0, 0.1) is 0 Å². The molecule has 0 aliphatic rings. The van der Waals surface area contributed by atoms with Crippen molar-refractivity contribution >= 4 is 72.2 Å². The molecule has 0 bridgehead atoms. The number of nitrogen functional groups attached to an aromatic ring is 1. The third-order valence-corrected chi connectivity index (χ3v) is 3.06. The van der Waals surface area contributed by atoms with Crippen LogP contribution in [0.4, 0.5) is 5.69 Å². The Morgan fingerprint density at radius 3 is 1.17 bits per heavy atom. The second-order valence-corrected chi connectivity index (χ2v) is 3.54. The summed E-state index contributed by atoms with van der Waals surface area (Å²) in [5.41, 5.74) is 13.4. The quantitative estimate of drug-likeness (QED) is 0.290. The van der Waals surface area contributed by atoms with Gasteiger partial charge in [0.1, 0.15) is 39.2 Å². The van der Waals surface area contributed by atoms with Gasteiger partial charge in [0, 0.05) is 5.69 Å². The van der Waals surface area contributed by atoms with E-state index < -0.39 is 0 Å². The zero-order valence-corrected chi connectivity index (χ0v) is 8.58. The predicted molar refractivity (Wildman–Crippen MR) is 71.7 cm³/mol. The Bertz CT molecular complexity index is 230. The Morgan fingerprint density at radius 2 is 0.833 bits per heavy atom. The molecule has 0 heterocycles. The zero-order valence-electron chi connectivity index (χ0n) is 8.58. The van der Waals surface area contributed by atoms with E-state index >= 15 is 0 Å². The van der Waals surface area contributed by atoms with Crippen molar-refractivity contribution in [2.24, 2.45) is 0 Å². The maximum absolute atomic E-state index is 5.95. The predicted octanol–water partition coefficient (Wildman–Crippen LogP) is -7.44. The van der Waals surface area contributed by atoms with E-state index in [0.717, 1.165) is 5.69 Å². The normalized spacial score (nSPS) is 10.0. The molecule has 0 saturated carbocycles. The van der Waals surface area contributed by atoms with Gasteiger partial charge < -0.3 is 5.73 Å². The maximum Gasteiger partial charge on any atom is 0.141 e. The van der Waals surface area contributed by atoms with Gasteiger partial charge in [-0.25, -0.2) is 0 Å². The fraction of sp³-hybridized carbons (Fsp3) is 0. The van der Waals surface area contributed by atoms with E-state index in [1.807, 2.05) is 0 Å². The van der Waals surface area contributed by atoms with E-state index in [1.165, 1.54) is 27.3 Å². The van der Waals surface area contributed by atoms with Crippen LogP contribution >= 0.6 is 0 Å². The molecule has 0 radical (unpaired) electrons. The molecule has 0 amide bonds. The van der Waals surface area contributed by atoms with Gasteiger partial charge in [0.15, 0.2) is 0 Å². The first-order valence-corrected chi connectivity index (χ1v) is 4.29. The smallest absolute Gasteiger partial charge is 0.141 e. The van der Waals surface area contributed by atoms with Crippen molar-refractivity contribution < 1.29 is 0 Å². The lowest BCUT2D eigenvalue weighted by Gasteiger charge is -2.16. The second kappa shape index (κ2) is 3.00. The molecule has 0 aliphatic heterocycles. The first-order chi connectivity index (χ1) is 5.46. The van der Waals surface area contributed by atoms with Crippen LogP contribution in [-0.4, -0.2) is 39.2 Å². The fourth-order valence-corrected chi connectivity index (χ4v) is 1.53. The van der Waals surface area contributed by atoms with Gasteiger partial charge in [0.25, 0.3) is 0 Å². The van der Waals surface area contributed by atoms with Crippen molar-refractivity contribution in [3.63, 3.8) is 0 Å². The number of rotatable bonds is 0. The van der Waals surface area contributed by atoms with Crippen LogP contribution in [0.5, 0.6) is 0 Å². The van der Waals surface area contributed by atoms with Gasteiger partial charge in [-0.1, -0.05) is 21.9 Å². The van der Waals surface area contributed by atoms with Crippen molar-refractivity contribution in [3.8, 4) is 0 Å². The highest BCUT2D eigenvalue weighted by molar-refractivity contribution is 6.68. The second-order valence-electron chi connectivity index (χ2n) is 3.54. The molecule has 0 spiro atoms. The summed E-state index contributed by atoms with van der Waals surface area (Å²) >= 11 is 0. The minimum Gasteiger partial charge on any atom is -0.400 e. The van der Waals surface area contributed by atoms with Crippen molar-refractivity contribution in [3.05, 3.63) is 0 Å². The first-order valence-electron chi connectivity index (χ1n) is 4.29. The summed E-state index contributed by atoms with van der Waals surface area (Å²) in [7, 11) is 10.6. The van der Waals surface area contributed by atoms with Crippen molar-refractivity contribution in [2.45, 2.75) is 0 Å². The Labute approximate surface area is 78.5 Å². The number of benzene rings is 1. The highest BCUT2D eigenvalue weighted by Crippen LogP contribution is 1.82. The standard InChI is InChI=1S/C6H12B5N/c7-1-2(8)4(10)6(12)5(11)3(1)9/h7-12H2. The van der Waals surface area contributed by atoms with Gasteiger partial charge in [-0.2, -0.15) is 0 Å². The molecule has 0 fully saturated rings. The topological polar surface area (TPSA) is 26.0 Å². The first kappa shape index (κ1) is 9.43. The summed E-state index contributed by atoms with van der Waals surface area (Å²) in [6, 6.07) is 0. The summed E-state index contributed by atoms with van der Waals surface area (Å²) in [5.74, 6) is 0. The molecule has 0 atom stereocenters. The van der Waals surface area contributed by atoms with Crippen molar-refractivity contribution in [1.82, 2.24) is 0 Å². The van der Waals surface area contributed by atoms with Crippen LogP contribution in [0.25, 0.3) is 0 Å². The van der Waals surface area contributed by atoms with Gasteiger partial charge >= 0.3 is 0 Å². The van der Waals surface area contributed by atoms with Crippen LogP contribution in [0.2, 0.25) is 0 Å². The molecule has 1 aromatic carbocycles. The minimum atomic E-state index is 0.954. The lowest BCUT2D eigenvalue weighted by Crippen LogP contribution is -2.55. The van der Waals surface area contributed by atoms with Crippen LogP contribution in [0.15, 0.2) is 0 Å². The third-order valence-electron chi connectivity index (χ3n) is 3.06. The van der Waals surface area contributed by atoms with Gasteiger partial charge in [0.2, 0.25) is 0 Å². The van der Waals surface area contributed by atoms with Crippen molar-refractivity contribution in [2.75, 3.05) is 5.73 Å². The van der Waals surface area contributed by atoms with Crippen LogP contribution in [0.1, 0.15) is 0 Å². The van der Waals surface area contributed by atoms with Gasteiger partial charge in [0.05, 0.1) is 0 Å². The average molecular weight is 152 g/mol. The molecule has 2 N–H and O–H groups in total. The molecule has 0 aromatic heterocycles. The summed E-state index contributed by atoms with van der Waals surface area (Å²) in [4.78, 5) is 0. The number of anilines is 1. The molecule has 0 aliphatic carbocycles. The van der Waals surface area contributed by atoms with E-state index in [1.54, 1.807) is 0 Å². The molecule has 0 saturated heterocycles. The number of hydrogen-bond donors (Lipinski definition) is 1. The molecular formula is C6H12B5N. The average Bonchev–Trinajstić information content (AvgIpc) is 2.08. The summed E-state index contributed by atoms with van der Waals surface area (Å²) in [6.07, 6.45) is 0. The molecular weight excluding hydrogens is 140 g/mol. The molecule has 12 heavy (non-hydrogen) atoms. The van der Waals surface area contributed by atoms with Crippen LogP contribution < -0.4 is 33.0 Å². The Balaban J connectivity index is 3.60. The Kier molecular flexibility index (Phi) is 2.36. The summed E-state index contributed by atoms with van der Waals surface area (Å²) < 4.78 is 0. The lowest BCUT2D eigenvalue weighted by molar-refractivity contribution is 1.92. The molecule has 1 aromatic rings. The monoisotopic (exact) mass is 153 g/mol. The Morgan fingerprint density at radius 1 is 0.583 bits per heavy atom. The van der Waals surface area contributed by atoms with Crippen molar-refractivity contribution in [1.29, 1.82) is 0 Å². The molecule has 56 valence electrons. The maximum atomic E-state index is 5.95. The molecule has 1 nitrogen and oxygen atoms in total. The highest BCUT2D eigenvalue weighted by atomic mass is 14.6. The van der Waals surface area contributed by atoms with Crippen LogP contribution in [-0.2, 0) is 0 Å². The minimum absolute atomic E-state index is 0.954. The SMILES string of the molecule is Bc1c(B)c(B)c(N)c(B)c1B. The van der Waals surface area contributed by atoms with E-state index in [2.05, 4.69) is 39.2 Å². The highest BCUT2D eigenvalue weighted by Gasteiger charge is 2.07. The molecule has 1 rings (SSSR count). The van der Waals surface area contributed by atoms with Gasteiger partial charge in [-0.05, 0) is 0 Å². The van der Waals surface area contributed by atoms with E-state index in [9.17, 15) is 0 Å². The summed E-state index contributed by atoms with van der Waals surface area (Å²) in [5, 5.41) is 0. The van der Waals surface area contributed by atoms with E-state index in [0.29, 0.717) is 0 Å². The zero-order chi connectivity index (χ0) is 9.46. The van der Waals surface area contributed by atoms with Gasteiger partial charge in [-0.3, -0.25) is 0 Å². The Hall–Kier alpha value is -0.655. The largest absolute Gasteiger partial charge is 0.400 e. The number of hydrogen-bond acceptors (Lipinski definition) is 1. The molecule has 6 heteroatoms. The number of nitrogens with two attached hydrogens (primary N) is 1. The molecule has 0 unspecified atom stereocenters. The van der Waals surface area contributed by atoms with E-state index in [-0.39, 0.29) is 0 Å². The van der Waals surface area contributed by atoms with Crippen LogP contribution in [0.3, 0.4) is 0 Å². The van der Waals surface area contributed by atoms with Gasteiger partial charge in [-0.15, -0.1) is 5.46 Å². The van der Waals surface area contributed by atoms with E-state index in [4.69, 9.17) is 5.73 Å². The lowest BCUT2D eigenvalue weighted by atomic mass is 9.62. The fourth-order valence-electron chi connectivity index (χ4n) is 1.53. The third kappa shape index (κ3) is 1.19.